The van der Waals surface area contributed by atoms with Gasteiger partial charge in [0.25, 0.3) is 15.9 Å². The van der Waals surface area contributed by atoms with E-state index in [2.05, 4.69) is 27.4 Å². The highest BCUT2D eigenvalue weighted by atomic mass is 32.2. The monoisotopic (exact) mass is 867 g/mol. The fraction of sp³-hybridized carbons (Fsp3) is 0.558. The van der Waals surface area contributed by atoms with Gasteiger partial charge in [-0.15, -0.1) is 6.58 Å². The highest BCUT2D eigenvalue weighted by Gasteiger charge is 2.61. The molecule has 2 aromatic carbocycles. The van der Waals surface area contributed by atoms with Crippen LogP contribution in [0.2, 0.25) is 0 Å². The molecule has 18 heteroatoms. The maximum absolute atomic E-state index is 14.8. The molecule has 5 amide bonds. The van der Waals surface area contributed by atoms with Crippen LogP contribution in [0.1, 0.15) is 82.3 Å². The minimum atomic E-state index is -4.68. The Labute approximate surface area is 355 Å². The summed E-state index contributed by atoms with van der Waals surface area (Å²) in [6.07, 6.45) is 4.64. The summed E-state index contributed by atoms with van der Waals surface area (Å²) in [5.74, 6) is -5.01. The molecule has 0 bridgehead atoms. The van der Waals surface area contributed by atoms with Crippen LogP contribution in [0, 0.1) is 23.5 Å². The molecule has 7 rings (SSSR count). The topological polar surface area (TPSA) is 187 Å². The molecule has 2 saturated heterocycles. The molecule has 61 heavy (non-hydrogen) atoms. The molecule has 15 nitrogen and oxygen atoms in total. The zero-order valence-electron chi connectivity index (χ0n) is 34.4. The summed E-state index contributed by atoms with van der Waals surface area (Å²) in [6, 6.07) is 5.49. The molecule has 0 aromatic heterocycles. The van der Waals surface area contributed by atoms with Crippen molar-refractivity contribution in [1.29, 1.82) is 0 Å². The van der Waals surface area contributed by atoms with Crippen molar-refractivity contribution < 1.29 is 45.9 Å². The second-order valence-electron chi connectivity index (χ2n) is 16.8. The fourth-order valence-corrected chi connectivity index (χ4v) is 10.3. The third kappa shape index (κ3) is 9.69. The van der Waals surface area contributed by atoms with E-state index in [4.69, 9.17) is 4.74 Å². The maximum Gasteiger partial charge on any atom is 0.410 e. The first-order chi connectivity index (χ1) is 29.2. The molecule has 330 valence electrons. The number of nitrogens with one attached hydrogen (secondary N) is 4. The summed E-state index contributed by atoms with van der Waals surface area (Å²) in [5, 5.41) is 8.78. The smallest absolute Gasteiger partial charge is 0.410 e. The number of halogens is 2. The number of carbonyl (C=O) groups excluding carboxylic acids is 5. The molecular weight excluding hydrogens is 813 g/mol. The Morgan fingerprint density at radius 1 is 1.02 bits per heavy atom. The van der Waals surface area contributed by atoms with Gasteiger partial charge in [-0.1, -0.05) is 50.8 Å². The summed E-state index contributed by atoms with van der Waals surface area (Å²) >= 11 is 0. The van der Waals surface area contributed by atoms with E-state index in [1.165, 1.54) is 28.0 Å². The Hall–Kier alpha value is -5.10. The Balaban J connectivity index is 1.17. The predicted octanol–water partition coefficient (Wildman–Crippen LogP) is 3.94. The lowest BCUT2D eigenvalue weighted by molar-refractivity contribution is -0.143. The van der Waals surface area contributed by atoms with Gasteiger partial charge in [0.1, 0.15) is 40.3 Å². The molecule has 6 atom stereocenters. The molecule has 1 spiro atoms. The molecule has 4 N–H and O–H groups in total. The number of hydrogen-bond donors (Lipinski definition) is 4. The van der Waals surface area contributed by atoms with Crippen LogP contribution < -0.4 is 20.7 Å². The Bertz CT molecular complexity index is 2160. The van der Waals surface area contributed by atoms with Crippen LogP contribution in [0.3, 0.4) is 0 Å². The van der Waals surface area contributed by atoms with Crippen molar-refractivity contribution >= 4 is 45.4 Å². The number of sulfonamides is 1. The fourth-order valence-electron chi connectivity index (χ4n) is 9.10. The van der Waals surface area contributed by atoms with Crippen LogP contribution in [-0.4, -0.2) is 109 Å². The van der Waals surface area contributed by atoms with Crippen LogP contribution >= 0.6 is 0 Å². The van der Waals surface area contributed by atoms with Gasteiger partial charge in [-0.05, 0) is 75.0 Å². The molecule has 4 heterocycles. The molecule has 1 aliphatic carbocycles. The second-order valence-corrected chi connectivity index (χ2v) is 18.5. The number of hydrogen-bond acceptors (Lipinski definition) is 10. The first-order valence-electron chi connectivity index (χ1n) is 21.3. The first-order valence-corrected chi connectivity index (χ1v) is 22.8. The molecule has 4 aliphatic heterocycles. The summed E-state index contributed by atoms with van der Waals surface area (Å²) in [7, 11) is -4.68. The number of amides is 5. The van der Waals surface area contributed by atoms with E-state index in [-0.39, 0.29) is 56.4 Å². The lowest BCUT2D eigenvalue weighted by Gasteiger charge is -2.33. The SMILES string of the molecule is C=C[C@@H]1C[C@@]12NC(=O)[C@@H]1C[C@@H](OC(=O)N3Cc4cccc(F)c4C3)CN1C(=O)[C@@H](NC(=O)[C@@H]1CCCN(CC)C1)CCCCCCCNc1ccc(F)cc1S(=O)(=O)NC2=O. The van der Waals surface area contributed by atoms with E-state index < -0.39 is 80.0 Å². The van der Waals surface area contributed by atoms with Crippen molar-refractivity contribution in [1.82, 2.24) is 30.1 Å². The normalized spacial score (nSPS) is 28.6. The summed E-state index contributed by atoms with van der Waals surface area (Å²) in [4.78, 5) is 74.9. The quantitative estimate of drug-likeness (QED) is 0.321. The summed E-state index contributed by atoms with van der Waals surface area (Å²) in [6.45, 7) is 8.23. The van der Waals surface area contributed by atoms with Gasteiger partial charge in [0, 0.05) is 37.5 Å². The lowest BCUT2D eigenvalue weighted by atomic mass is 9.96. The molecule has 0 unspecified atom stereocenters. The number of nitrogens with zero attached hydrogens (tertiary/aromatic N) is 3. The van der Waals surface area contributed by atoms with Gasteiger partial charge < -0.3 is 30.5 Å². The van der Waals surface area contributed by atoms with Crippen LogP contribution in [0.15, 0.2) is 53.9 Å². The van der Waals surface area contributed by atoms with E-state index >= 15 is 0 Å². The Morgan fingerprint density at radius 2 is 1.80 bits per heavy atom. The average Bonchev–Trinajstić information content (AvgIpc) is 3.53. The van der Waals surface area contributed by atoms with Gasteiger partial charge in [-0.25, -0.2) is 26.7 Å². The van der Waals surface area contributed by atoms with E-state index in [1.807, 2.05) is 11.6 Å². The molecule has 2 aromatic rings. The minimum Gasteiger partial charge on any atom is -0.444 e. The zero-order valence-corrected chi connectivity index (χ0v) is 35.2. The van der Waals surface area contributed by atoms with E-state index in [0.29, 0.717) is 49.9 Å². The van der Waals surface area contributed by atoms with Crippen molar-refractivity contribution in [3.05, 3.63) is 71.8 Å². The van der Waals surface area contributed by atoms with Crippen LogP contribution in [0.25, 0.3) is 0 Å². The number of ether oxygens (including phenoxy) is 1. The van der Waals surface area contributed by atoms with Crippen molar-refractivity contribution in [3.8, 4) is 0 Å². The average molecular weight is 868 g/mol. The third-order valence-corrected chi connectivity index (χ3v) is 14.1. The number of fused-ring (bicyclic) bond motifs is 3. The van der Waals surface area contributed by atoms with Gasteiger partial charge in [-0.3, -0.25) is 24.1 Å². The molecule has 3 fully saturated rings. The number of anilines is 1. The second kappa shape index (κ2) is 18.5. The van der Waals surface area contributed by atoms with Crippen molar-refractivity contribution in [2.24, 2.45) is 11.8 Å². The minimum absolute atomic E-state index is 0.0160. The highest BCUT2D eigenvalue weighted by Crippen LogP contribution is 2.45. The van der Waals surface area contributed by atoms with E-state index in [1.54, 1.807) is 12.1 Å². The first kappa shape index (κ1) is 44.0. The van der Waals surface area contributed by atoms with Crippen molar-refractivity contribution in [2.75, 3.05) is 38.0 Å². The number of benzene rings is 2. The van der Waals surface area contributed by atoms with Crippen LogP contribution in [0.4, 0.5) is 19.3 Å². The van der Waals surface area contributed by atoms with Gasteiger partial charge in [-0.2, -0.15) is 0 Å². The van der Waals surface area contributed by atoms with E-state index in [9.17, 15) is 41.2 Å². The molecular formula is C43H55F2N7O8S. The van der Waals surface area contributed by atoms with Gasteiger partial charge in [0.2, 0.25) is 17.7 Å². The number of piperidine rings is 1. The third-order valence-electron chi connectivity index (χ3n) is 12.7. The van der Waals surface area contributed by atoms with Gasteiger partial charge in [0.05, 0.1) is 24.7 Å². The maximum atomic E-state index is 14.8. The Morgan fingerprint density at radius 3 is 2.56 bits per heavy atom. The highest BCUT2D eigenvalue weighted by molar-refractivity contribution is 7.90. The number of carbonyl (C=O) groups is 5. The molecule has 5 aliphatic rings. The Kier molecular flexibility index (Phi) is 13.3. The van der Waals surface area contributed by atoms with E-state index in [0.717, 1.165) is 44.5 Å². The van der Waals surface area contributed by atoms with Gasteiger partial charge in [0.15, 0.2) is 0 Å². The zero-order chi connectivity index (χ0) is 43.5. The van der Waals surface area contributed by atoms with Crippen molar-refractivity contribution in [2.45, 2.75) is 113 Å². The predicted molar refractivity (Wildman–Crippen MR) is 220 cm³/mol. The van der Waals surface area contributed by atoms with Crippen molar-refractivity contribution in [3.63, 3.8) is 0 Å². The summed E-state index contributed by atoms with van der Waals surface area (Å²) < 4.78 is 64.4. The molecule has 1 saturated carbocycles. The summed E-state index contributed by atoms with van der Waals surface area (Å²) in [5.41, 5.74) is -0.680. The van der Waals surface area contributed by atoms with Crippen LogP contribution in [-0.2, 0) is 47.0 Å². The largest absolute Gasteiger partial charge is 0.444 e. The number of likely N-dealkylation sites (tertiary alicyclic amines) is 1. The standard InChI is InChI=1S/C43H55F2N7O8S/c1-3-29-22-43(29)41(56)49-61(58,59)37-20-30(44)16-17-34(37)46-18-9-7-5-6-8-15-35(47-38(53)28-13-11-19-50(4-2)23-28)40(55)52-25-31(21-36(52)39(54)48-43)60-42(57)51-24-27-12-10-14-33(45)32(27)26-51/h3,10,12,14,16-17,20,28-29,31,35-36,46H,1,4-9,11,13,15,18-19,21-26H2,2H3,(H,47,53)(H,48,54)(H,49,56)/t28-,29-,31-,35+,36+,43-/m1/s1. The van der Waals surface area contributed by atoms with Crippen LogP contribution in [0.5, 0.6) is 0 Å². The lowest BCUT2D eigenvalue weighted by Crippen LogP contribution is -2.58. The number of rotatable bonds is 5. The van der Waals surface area contributed by atoms with Gasteiger partial charge >= 0.3 is 6.09 Å². The molecule has 0 radical (unpaired) electrons.